The molecule has 0 aliphatic carbocycles. The van der Waals surface area contributed by atoms with Crippen LogP contribution in [0.2, 0.25) is 0 Å². The second kappa shape index (κ2) is 5.51. The minimum absolute atomic E-state index is 0.225. The highest BCUT2D eigenvalue weighted by Crippen LogP contribution is 2.12. The van der Waals surface area contributed by atoms with E-state index < -0.39 is 0 Å². The number of hydrogen-bond donors (Lipinski definition) is 2. The van der Waals surface area contributed by atoms with Crippen LogP contribution in [0.4, 0.5) is 5.69 Å². The molecule has 0 aromatic carbocycles. The van der Waals surface area contributed by atoms with Gasteiger partial charge in [0, 0.05) is 18.0 Å². The standard InChI is InChI=1S/C11H12N4OS/c12-4-3-10-15-9(7-17-10)11(16)14-8-2-1-5-13-6-8/h1-2,5-7H,3-4,12H2,(H,14,16). The second-order valence-electron chi connectivity index (χ2n) is 3.36. The van der Waals surface area contributed by atoms with Gasteiger partial charge >= 0.3 is 0 Å². The van der Waals surface area contributed by atoms with Crippen molar-refractivity contribution in [2.75, 3.05) is 11.9 Å². The van der Waals surface area contributed by atoms with Crippen LogP contribution >= 0.6 is 11.3 Å². The molecule has 0 fully saturated rings. The fourth-order valence-corrected chi connectivity index (χ4v) is 2.08. The summed E-state index contributed by atoms with van der Waals surface area (Å²) in [4.78, 5) is 19.9. The SMILES string of the molecule is NCCc1nc(C(=O)Nc2cccnc2)cs1. The minimum Gasteiger partial charge on any atom is -0.330 e. The van der Waals surface area contributed by atoms with Gasteiger partial charge in [0.15, 0.2) is 0 Å². The first kappa shape index (κ1) is 11.7. The quantitative estimate of drug-likeness (QED) is 0.854. The Bertz CT molecular complexity index is 497. The Balaban J connectivity index is 2.04. The Morgan fingerprint density at radius 3 is 3.12 bits per heavy atom. The Kier molecular flexibility index (Phi) is 3.79. The molecular formula is C11H12N4OS. The molecule has 0 spiro atoms. The zero-order valence-corrected chi connectivity index (χ0v) is 9.91. The molecule has 0 saturated heterocycles. The Morgan fingerprint density at radius 1 is 1.53 bits per heavy atom. The van der Waals surface area contributed by atoms with Crippen molar-refractivity contribution in [2.45, 2.75) is 6.42 Å². The summed E-state index contributed by atoms with van der Waals surface area (Å²) < 4.78 is 0. The number of thiazole rings is 1. The number of rotatable bonds is 4. The fourth-order valence-electron chi connectivity index (χ4n) is 1.29. The van der Waals surface area contributed by atoms with Crippen LogP contribution in [-0.2, 0) is 6.42 Å². The van der Waals surface area contributed by atoms with E-state index in [1.54, 1.807) is 29.9 Å². The molecule has 2 aromatic rings. The molecule has 6 heteroatoms. The van der Waals surface area contributed by atoms with E-state index in [2.05, 4.69) is 15.3 Å². The molecule has 0 aliphatic rings. The summed E-state index contributed by atoms with van der Waals surface area (Å²) in [5.41, 5.74) is 6.50. The summed E-state index contributed by atoms with van der Waals surface area (Å²) in [6, 6.07) is 3.54. The van der Waals surface area contributed by atoms with Crippen molar-refractivity contribution in [3.05, 3.63) is 40.6 Å². The van der Waals surface area contributed by atoms with Crippen molar-refractivity contribution < 1.29 is 4.79 Å². The predicted octanol–water partition coefficient (Wildman–Crippen LogP) is 1.29. The molecule has 2 rings (SSSR count). The molecule has 0 bridgehead atoms. The van der Waals surface area contributed by atoms with Gasteiger partial charge in [0.05, 0.1) is 16.9 Å². The monoisotopic (exact) mass is 248 g/mol. The van der Waals surface area contributed by atoms with Crippen LogP contribution in [0.15, 0.2) is 29.9 Å². The third-order valence-electron chi connectivity index (χ3n) is 2.06. The maximum Gasteiger partial charge on any atom is 0.275 e. The van der Waals surface area contributed by atoms with E-state index in [1.807, 2.05) is 0 Å². The van der Waals surface area contributed by atoms with Gasteiger partial charge in [-0.25, -0.2) is 4.98 Å². The maximum atomic E-state index is 11.8. The summed E-state index contributed by atoms with van der Waals surface area (Å²) in [6.45, 7) is 0.539. The first-order valence-corrected chi connectivity index (χ1v) is 6.03. The van der Waals surface area contributed by atoms with E-state index in [1.165, 1.54) is 11.3 Å². The van der Waals surface area contributed by atoms with E-state index in [-0.39, 0.29) is 5.91 Å². The van der Waals surface area contributed by atoms with Crippen molar-refractivity contribution in [1.82, 2.24) is 9.97 Å². The molecule has 2 heterocycles. The molecular weight excluding hydrogens is 236 g/mol. The highest BCUT2D eigenvalue weighted by atomic mass is 32.1. The minimum atomic E-state index is -0.225. The highest BCUT2D eigenvalue weighted by Gasteiger charge is 2.10. The average Bonchev–Trinajstić information content (AvgIpc) is 2.79. The van der Waals surface area contributed by atoms with Crippen LogP contribution < -0.4 is 11.1 Å². The topological polar surface area (TPSA) is 80.9 Å². The van der Waals surface area contributed by atoms with Gasteiger partial charge in [0.2, 0.25) is 0 Å². The summed E-state index contributed by atoms with van der Waals surface area (Å²) in [5.74, 6) is -0.225. The van der Waals surface area contributed by atoms with Crippen LogP contribution in [0, 0.1) is 0 Å². The molecule has 0 atom stereocenters. The maximum absolute atomic E-state index is 11.8. The van der Waals surface area contributed by atoms with Crippen molar-refractivity contribution in [3.8, 4) is 0 Å². The zero-order chi connectivity index (χ0) is 12.1. The van der Waals surface area contributed by atoms with E-state index >= 15 is 0 Å². The summed E-state index contributed by atoms with van der Waals surface area (Å²) in [5, 5.41) is 5.34. The van der Waals surface area contributed by atoms with Gasteiger partial charge in [-0.2, -0.15) is 0 Å². The van der Waals surface area contributed by atoms with Crippen molar-refractivity contribution in [2.24, 2.45) is 5.73 Å². The van der Waals surface area contributed by atoms with Gasteiger partial charge in [-0.3, -0.25) is 9.78 Å². The average molecular weight is 248 g/mol. The van der Waals surface area contributed by atoms with Gasteiger partial charge in [-0.05, 0) is 18.7 Å². The zero-order valence-electron chi connectivity index (χ0n) is 9.09. The lowest BCUT2D eigenvalue weighted by Gasteiger charge is -2.01. The lowest BCUT2D eigenvalue weighted by atomic mass is 10.4. The third kappa shape index (κ3) is 3.08. The van der Waals surface area contributed by atoms with Crippen LogP contribution in [0.25, 0.3) is 0 Å². The smallest absolute Gasteiger partial charge is 0.275 e. The number of nitrogens with one attached hydrogen (secondary N) is 1. The molecule has 0 radical (unpaired) electrons. The number of pyridine rings is 1. The van der Waals surface area contributed by atoms with Gasteiger partial charge in [0.1, 0.15) is 5.69 Å². The molecule has 0 aliphatic heterocycles. The predicted molar refractivity (Wildman–Crippen MR) is 67.1 cm³/mol. The van der Waals surface area contributed by atoms with Crippen molar-refractivity contribution in [1.29, 1.82) is 0 Å². The third-order valence-corrected chi connectivity index (χ3v) is 2.97. The van der Waals surface area contributed by atoms with Crippen LogP contribution in [-0.4, -0.2) is 22.4 Å². The number of nitrogens with two attached hydrogens (primary N) is 1. The number of nitrogens with zero attached hydrogens (tertiary/aromatic N) is 2. The van der Waals surface area contributed by atoms with E-state index in [9.17, 15) is 4.79 Å². The summed E-state index contributed by atoms with van der Waals surface area (Å²) in [7, 11) is 0. The Hall–Kier alpha value is -1.79. The summed E-state index contributed by atoms with van der Waals surface area (Å²) in [6.07, 6.45) is 3.94. The van der Waals surface area contributed by atoms with E-state index in [4.69, 9.17) is 5.73 Å². The van der Waals surface area contributed by atoms with Gasteiger partial charge in [-0.15, -0.1) is 11.3 Å². The molecule has 0 saturated carbocycles. The molecule has 3 N–H and O–H groups in total. The van der Waals surface area contributed by atoms with Crippen LogP contribution in [0.1, 0.15) is 15.5 Å². The van der Waals surface area contributed by atoms with Gasteiger partial charge in [-0.1, -0.05) is 0 Å². The number of anilines is 1. The normalized spacial score (nSPS) is 10.2. The van der Waals surface area contributed by atoms with Crippen molar-refractivity contribution in [3.63, 3.8) is 0 Å². The molecule has 1 amide bonds. The Morgan fingerprint density at radius 2 is 2.41 bits per heavy atom. The molecule has 2 aromatic heterocycles. The first-order valence-electron chi connectivity index (χ1n) is 5.15. The van der Waals surface area contributed by atoms with Crippen LogP contribution in [0.3, 0.4) is 0 Å². The lowest BCUT2D eigenvalue weighted by Crippen LogP contribution is -2.12. The van der Waals surface area contributed by atoms with Crippen molar-refractivity contribution >= 4 is 22.9 Å². The van der Waals surface area contributed by atoms with Gasteiger partial charge < -0.3 is 11.1 Å². The molecule has 5 nitrogen and oxygen atoms in total. The number of carbonyl (C=O) groups excluding carboxylic acids is 1. The van der Waals surface area contributed by atoms with Gasteiger partial charge in [0.25, 0.3) is 5.91 Å². The van der Waals surface area contributed by atoms with E-state index in [0.29, 0.717) is 24.3 Å². The first-order chi connectivity index (χ1) is 8.29. The summed E-state index contributed by atoms with van der Waals surface area (Å²) >= 11 is 1.45. The number of hydrogen-bond acceptors (Lipinski definition) is 5. The molecule has 0 unspecified atom stereocenters. The molecule has 88 valence electrons. The largest absolute Gasteiger partial charge is 0.330 e. The second-order valence-corrected chi connectivity index (χ2v) is 4.30. The number of aromatic nitrogens is 2. The van der Waals surface area contributed by atoms with Crippen LogP contribution in [0.5, 0.6) is 0 Å². The van der Waals surface area contributed by atoms with E-state index in [0.717, 1.165) is 5.01 Å². The highest BCUT2D eigenvalue weighted by molar-refractivity contribution is 7.09. The number of amides is 1. The Labute approximate surface area is 103 Å². The fraction of sp³-hybridized carbons (Fsp3) is 0.182. The number of carbonyl (C=O) groups is 1. The lowest BCUT2D eigenvalue weighted by molar-refractivity contribution is 0.102. The molecule has 17 heavy (non-hydrogen) atoms.